The summed E-state index contributed by atoms with van der Waals surface area (Å²) < 4.78 is 0. The number of aldehydes is 1. The molecule has 31 heavy (non-hydrogen) atoms. The van der Waals surface area contributed by atoms with Crippen molar-refractivity contribution in [2.45, 2.75) is 0 Å². The SMILES string of the molecule is O=CC=C1N(c2ccccc2)c2nc3ccc([N+](=O)[O-])cc3nc2N1c1ccccc1. The first-order chi connectivity index (χ1) is 15.2. The standard InChI is InChI=1S/C23H15N5O3/c29-14-13-21-26(16-7-3-1-4-8-16)22-23(27(21)17-9-5-2-6-10-17)25-20-15-18(28(30)31)11-12-19(20)24-22/h1-15H. The number of nitro benzene ring substituents is 1. The monoisotopic (exact) mass is 409 g/mol. The molecule has 4 aromatic rings. The number of nitrogens with zero attached hydrogens (tertiary/aromatic N) is 5. The van der Waals surface area contributed by atoms with Crippen molar-refractivity contribution in [3.63, 3.8) is 0 Å². The minimum Gasteiger partial charge on any atom is -0.298 e. The third kappa shape index (κ3) is 3.06. The van der Waals surface area contributed by atoms with E-state index in [0.717, 1.165) is 17.7 Å². The van der Waals surface area contributed by atoms with E-state index in [2.05, 4.69) is 0 Å². The maximum Gasteiger partial charge on any atom is 0.271 e. The first kappa shape index (κ1) is 18.4. The van der Waals surface area contributed by atoms with E-state index in [-0.39, 0.29) is 5.69 Å². The summed E-state index contributed by atoms with van der Waals surface area (Å²) in [6.07, 6.45) is 2.17. The van der Waals surface area contributed by atoms with Crippen LogP contribution in [0.1, 0.15) is 0 Å². The molecule has 0 atom stereocenters. The van der Waals surface area contributed by atoms with Crippen LogP contribution in [0.4, 0.5) is 28.7 Å². The average molecular weight is 409 g/mol. The van der Waals surface area contributed by atoms with Crippen LogP contribution in [0.15, 0.2) is 90.8 Å². The number of para-hydroxylation sites is 2. The van der Waals surface area contributed by atoms with E-state index in [9.17, 15) is 14.9 Å². The number of carbonyl (C=O) groups excluding carboxylic acids is 1. The number of hydrogen-bond acceptors (Lipinski definition) is 7. The second-order valence-corrected chi connectivity index (χ2v) is 6.80. The van der Waals surface area contributed by atoms with Gasteiger partial charge in [0.15, 0.2) is 11.6 Å². The largest absolute Gasteiger partial charge is 0.298 e. The Kier molecular flexibility index (Phi) is 4.37. The quantitative estimate of drug-likeness (QED) is 0.205. The second-order valence-electron chi connectivity index (χ2n) is 6.80. The van der Waals surface area contributed by atoms with Crippen LogP contribution in [0, 0.1) is 10.1 Å². The van der Waals surface area contributed by atoms with Gasteiger partial charge in [-0.05, 0) is 30.3 Å². The van der Waals surface area contributed by atoms with Gasteiger partial charge in [-0.3, -0.25) is 24.7 Å². The molecule has 0 radical (unpaired) electrons. The molecule has 0 saturated carbocycles. The van der Waals surface area contributed by atoms with Crippen LogP contribution in [0.5, 0.6) is 0 Å². The summed E-state index contributed by atoms with van der Waals surface area (Å²) in [6, 6.07) is 23.4. The Labute approximate surface area is 176 Å². The smallest absolute Gasteiger partial charge is 0.271 e. The molecule has 0 unspecified atom stereocenters. The predicted octanol–water partition coefficient (Wildman–Crippen LogP) is 4.87. The van der Waals surface area contributed by atoms with Crippen LogP contribution in [0.2, 0.25) is 0 Å². The molecule has 0 bridgehead atoms. The van der Waals surface area contributed by atoms with Gasteiger partial charge in [0.1, 0.15) is 12.1 Å². The van der Waals surface area contributed by atoms with Crippen LogP contribution >= 0.6 is 0 Å². The van der Waals surface area contributed by atoms with Crippen LogP contribution in [0.3, 0.4) is 0 Å². The van der Waals surface area contributed by atoms with E-state index < -0.39 is 4.92 Å². The second kappa shape index (κ2) is 7.34. The van der Waals surface area contributed by atoms with Gasteiger partial charge in [0.05, 0.1) is 16.0 Å². The Bertz CT molecular complexity index is 1340. The molecular weight excluding hydrogens is 394 g/mol. The fourth-order valence-corrected chi connectivity index (χ4v) is 3.63. The summed E-state index contributed by atoms with van der Waals surface area (Å²) in [5.74, 6) is 1.58. The Morgan fingerprint density at radius 3 is 1.84 bits per heavy atom. The summed E-state index contributed by atoms with van der Waals surface area (Å²) >= 11 is 0. The van der Waals surface area contributed by atoms with Crippen molar-refractivity contribution >= 4 is 46.0 Å². The third-order valence-corrected chi connectivity index (χ3v) is 4.95. The van der Waals surface area contributed by atoms with Crippen molar-refractivity contribution in [2.75, 3.05) is 9.80 Å². The molecule has 0 aliphatic carbocycles. The molecule has 8 heteroatoms. The molecule has 1 aromatic heterocycles. The number of rotatable bonds is 4. The molecule has 150 valence electrons. The molecule has 0 N–H and O–H groups in total. The minimum atomic E-state index is -0.461. The summed E-state index contributed by atoms with van der Waals surface area (Å²) in [6.45, 7) is 0. The zero-order valence-corrected chi connectivity index (χ0v) is 16.1. The number of benzene rings is 3. The fraction of sp³-hybridized carbons (Fsp3) is 0. The van der Waals surface area contributed by atoms with Gasteiger partial charge in [0, 0.05) is 29.6 Å². The molecule has 3 aromatic carbocycles. The summed E-state index contributed by atoms with van der Waals surface area (Å²) in [4.78, 5) is 35.5. The normalized spacial score (nSPS) is 14.1. The molecule has 0 saturated heterocycles. The molecule has 1 aliphatic heterocycles. The van der Waals surface area contributed by atoms with Gasteiger partial charge in [0.2, 0.25) is 0 Å². The van der Waals surface area contributed by atoms with Gasteiger partial charge in [-0.15, -0.1) is 0 Å². The van der Waals surface area contributed by atoms with Crippen LogP contribution in [-0.4, -0.2) is 21.2 Å². The molecule has 0 fully saturated rings. The lowest BCUT2D eigenvalue weighted by Gasteiger charge is -2.24. The van der Waals surface area contributed by atoms with Crippen LogP contribution < -0.4 is 9.80 Å². The van der Waals surface area contributed by atoms with Crippen LogP contribution in [-0.2, 0) is 4.79 Å². The van der Waals surface area contributed by atoms with E-state index in [0.29, 0.717) is 28.5 Å². The van der Waals surface area contributed by atoms with Crippen molar-refractivity contribution in [3.05, 3.63) is 101 Å². The zero-order chi connectivity index (χ0) is 21.4. The molecule has 2 heterocycles. The first-order valence-corrected chi connectivity index (χ1v) is 9.49. The highest BCUT2D eigenvalue weighted by Gasteiger charge is 2.36. The van der Waals surface area contributed by atoms with Gasteiger partial charge in [-0.1, -0.05) is 36.4 Å². The van der Waals surface area contributed by atoms with E-state index >= 15 is 0 Å². The average Bonchev–Trinajstić information content (AvgIpc) is 3.11. The highest BCUT2D eigenvalue weighted by Crippen LogP contribution is 2.47. The number of nitro groups is 1. The number of non-ortho nitro benzene ring substituents is 1. The number of carbonyl (C=O) groups is 1. The van der Waals surface area contributed by atoms with Gasteiger partial charge < -0.3 is 0 Å². The number of hydrogen-bond donors (Lipinski definition) is 0. The topological polar surface area (TPSA) is 92.5 Å². The Hall–Kier alpha value is -4.59. The Morgan fingerprint density at radius 2 is 1.32 bits per heavy atom. The van der Waals surface area contributed by atoms with Crippen molar-refractivity contribution in [1.82, 2.24) is 9.97 Å². The van der Waals surface area contributed by atoms with Gasteiger partial charge >= 0.3 is 0 Å². The number of allylic oxidation sites excluding steroid dienone is 1. The van der Waals surface area contributed by atoms with Gasteiger partial charge in [-0.25, -0.2) is 9.97 Å². The lowest BCUT2D eigenvalue weighted by molar-refractivity contribution is -0.384. The van der Waals surface area contributed by atoms with Crippen molar-refractivity contribution < 1.29 is 9.72 Å². The highest BCUT2D eigenvalue weighted by atomic mass is 16.6. The maximum absolute atomic E-state index is 11.6. The zero-order valence-electron chi connectivity index (χ0n) is 16.1. The minimum absolute atomic E-state index is 0.0606. The Morgan fingerprint density at radius 1 is 0.774 bits per heavy atom. The Balaban J connectivity index is 1.82. The molecule has 0 amide bonds. The van der Waals surface area contributed by atoms with E-state index in [4.69, 9.17) is 9.97 Å². The summed E-state index contributed by atoms with van der Waals surface area (Å²) in [7, 11) is 0. The predicted molar refractivity (Wildman–Crippen MR) is 118 cm³/mol. The van der Waals surface area contributed by atoms with Crippen molar-refractivity contribution in [3.8, 4) is 0 Å². The van der Waals surface area contributed by atoms with Gasteiger partial charge in [-0.2, -0.15) is 0 Å². The van der Waals surface area contributed by atoms with E-state index in [1.807, 2.05) is 70.5 Å². The van der Waals surface area contributed by atoms with Crippen LogP contribution in [0.25, 0.3) is 11.0 Å². The number of fused-ring (bicyclic) bond motifs is 2. The summed E-state index contributed by atoms with van der Waals surface area (Å²) in [5, 5.41) is 11.2. The van der Waals surface area contributed by atoms with Crippen molar-refractivity contribution in [2.24, 2.45) is 0 Å². The van der Waals surface area contributed by atoms with Gasteiger partial charge in [0.25, 0.3) is 5.69 Å². The molecule has 5 rings (SSSR count). The molecular formula is C23H15N5O3. The lowest BCUT2D eigenvalue weighted by Crippen LogP contribution is -2.22. The maximum atomic E-state index is 11.6. The molecule has 1 aliphatic rings. The molecule has 0 spiro atoms. The summed E-state index contributed by atoms with van der Waals surface area (Å²) in [5.41, 5.74) is 2.45. The highest BCUT2D eigenvalue weighted by molar-refractivity contribution is 5.95. The third-order valence-electron chi connectivity index (χ3n) is 4.95. The van der Waals surface area contributed by atoms with E-state index in [1.54, 1.807) is 6.07 Å². The number of anilines is 4. The fourth-order valence-electron chi connectivity index (χ4n) is 3.63. The first-order valence-electron chi connectivity index (χ1n) is 9.49. The van der Waals surface area contributed by atoms with Crippen molar-refractivity contribution in [1.29, 1.82) is 0 Å². The lowest BCUT2D eigenvalue weighted by atomic mass is 10.2. The number of aromatic nitrogens is 2. The van der Waals surface area contributed by atoms with E-state index in [1.165, 1.54) is 18.2 Å². The molecule has 8 nitrogen and oxygen atoms in total.